The summed E-state index contributed by atoms with van der Waals surface area (Å²) in [4.78, 5) is 12.9. The Balaban J connectivity index is 0. The van der Waals surface area contributed by atoms with Gasteiger partial charge in [-0.1, -0.05) is 6.58 Å². The Morgan fingerprint density at radius 3 is 2.38 bits per heavy atom. The zero-order valence-corrected chi connectivity index (χ0v) is 10.2. The number of esters is 1. The number of halogens is 1. The summed E-state index contributed by atoms with van der Waals surface area (Å²) in [7, 11) is 3.97. The molecule has 0 saturated carbocycles. The minimum Gasteiger partial charge on any atom is -0.462 e. The molecule has 0 aliphatic carbocycles. The molecule has 0 heterocycles. The molecular weight excluding hydrogens is 234 g/mol. The van der Waals surface area contributed by atoms with Crippen molar-refractivity contribution in [3.05, 3.63) is 12.2 Å². The molecule has 0 atom stereocenters. The molecular formula is C9H18BrNO2. The second kappa shape index (κ2) is 8.26. The van der Waals surface area contributed by atoms with Crippen molar-refractivity contribution in [2.75, 3.05) is 27.2 Å². The number of hydrogen-bond donors (Lipinski definition) is 0. The smallest absolute Gasteiger partial charge is 0.333 e. The Hall–Kier alpha value is -0.350. The number of hydrogen-bond acceptors (Lipinski definition) is 3. The number of rotatable bonds is 5. The summed E-state index contributed by atoms with van der Waals surface area (Å²) < 4.78 is 4.89. The van der Waals surface area contributed by atoms with E-state index in [1.807, 2.05) is 14.1 Å². The van der Waals surface area contributed by atoms with Crippen LogP contribution in [0.2, 0.25) is 0 Å². The average molecular weight is 252 g/mol. The predicted octanol–water partition coefficient (Wildman–Crippen LogP) is 1.64. The van der Waals surface area contributed by atoms with Crippen molar-refractivity contribution >= 4 is 23.0 Å². The molecule has 0 N–H and O–H groups in total. The highest BCUT2D eigenvalue weighted by atomic mass is 79.9. The normalized spacial score (nSPS) is 9.23. The molecule has 13 heavy (non-hydrogen) atoms. The first kappa shape index (κ1) is 15.1. The fraction of sp³-hybridized carbons (Fsp3) is 0.667. The summed E-state index contributed by atoms with van der Waals surface area (Å²) in [6.45, 7) is 6.54. The molecule has 0 aromatic carbocycles. The summed E-state index contributed by atoms with van der Waals surface area (Å²) >= 11 is 0. The van der Waals surface area contributed by atoms with Crippen molar-refractivity contribution < 1.29 is 9.53 Å². The third kappa shape index (κ3) is 9.56. The minimum absolute atomic E-state index is 0. The molecule has 0 fully saturated rings. The highest BCUT2D eigenvalue weighted by Crippen LogP contribution is 1.93. The second-order valence-electron chi connectivity index (χ2n) is 3.07. The SMILES string of the molecule is Br.C=C(C)C(=O)OCCCN(C)C. The van der Waals surface area contributed by atoms with Gasteiger partial charge in [-0.25, -0.2) is 4.79 Å². The van der Waals surface area contributed by atoms with E-state index in [1.54, 1.807) is 6.92 Å². The molecule has 0 aromatic rings. The minimum atomic E-state index is -0.297. The summed E-state index contributed by atoms with van der Waals surface area (Å²) in [6.07, 6.45) is 0.867. The van der Waals surface area contributed by atoms with Crippen molar-refractivity contribution in [1.29, 1.82) is 0 Å². The van der Waals surface area contributed by atoms with Crippen molar-refractivity contribution in [1.82, 2.24) is 4.90 Å². The third-order valence-corrected chi connectivity index (χ3v) is 1.33. The van der Waals surface area contributed by atoms with Crippen LogP contribution < -0.4 is 0 Å². The zero-order chi connectivity index (χ0) is 9.56. The van der Waals surface area contributed by atoms with Crippen LogP contribution in [0.4, 0.5) is 0 Å². The van der Waals surface area contributed by atoms with Crippen LogP contribution in [0.3, 0.4) is 0 Å². The van der Waals surface area contributed by atoms with Gasteiger partial charge in [-0.05, 0) is 27.4 Å². The first-order valence-electron chi connectivity index (χ1n) is 4.01. The topological polar surface area (TPSA) is 29.5 Å². The van der Waals surface area contributed by atoms with Crippen LogP contribution in [0.5, 0.6) is 0 Å². The molecule has 0 amide bonds. The van der Waals surface area contributed by atoms with Crippen molar-refractivity contribution in [3.8, 4) is 0 Å². The first-order valence-corrected chi connectivity index (χ1v) is 4.01. The van der Waals surface area contributed by atoms with Gasteiger partial charge in [-0.2, -0.15) is 0 Å². The molecule has 0 saturated heterocycles. The first-order chi connectivity index (χ1) is 5.54. The van der Waals surface area contributed by atoms with E-state index in [0.717, 1.165) is 13.0 Å². The quantitative estimate of drug-likeness (QED) is 0.423. The molecule has 78 valence electrons. The van der Waals surface area contributed by atoms with Gasteiger partial charge in [0.1, 0.15) is 0 Å². The van der Waals surface area contributed by atoms with Crippen LogP contribution in [0.15, 0.2) is 12.2 Å². The highest BCUT2D eigenvalue weighted by molar-refractivity contribution is 8.93. The molecule has 4 heteroatoms. The van der Waals surface area contributed by atoms with Gasteiger partial charge in [0.25, 0.3) is 0 Å². The van der Waals surface area contributed by atoms with Gasteiger partial charge in [0.2, 0.25) is 0 Å². The van der Waals surface area contributed by atoms with E-state index in [1.165, 1.54) is 0 Å². The van der Waals surface area contributed by atoms with E-state index in [2.05, 4.69) is 11.5 Å². The summed E-state index contributed by atoms with van der Waals surface area (Å²) in [5.41, 5.74) is 0.458. The lowest BCUT2D eigenvalue weighted by Gasteiger charge is -2.09. The van der Waals surface area contributed by atoms with Crippen molar-refractivity contribution in [2.24, 2.45) is 0 Å². The fourth-order valence-electron chi connectivity index (χ4n) is 0.669. The van der Waals surface area contributed by atoms with Crippen LogP contribution in [0, 0.1) is 0 Å². The number of nitrogens with zero attached hydrogens (tertiary/aromatic N) is 1. The van der Waals surface area contributed by atoms with E-state index in [-0.39, 0.29) is 23.0 Å². The number of ether oxygens (including phenoxy) is 1. The highest BCUT2D eigenvalue weighted by Gasteiger charge is 2.01. The second-order valence-corrected chi connectivity index (χ2v) is 3.07. The van der Waals surface area contributed by atoms with Crippen LogP contribution in [0.25, 0.3) is 0 Å². The molecule has 0 bridgehead atoms. The molecule has 0 spiro atoms. The monoisotopic (exact) mass is 251 g/mol. The van der Waals surface area contributed by atoms with Crippen molar-refractivity contribution in [3.63, 3.8) is 0 Å². The molecule has 0 aliphatic rings. The Morgan fingerprint density at radius 2 is 2.00 bits per heavy atom. The maximum Gasteiger partial charge on any atom is 0.333 e. The van der Waals surface area contributed by atoms with Crippen molar-refractivity contribution in [2.45, 2.75) is 13.3 Å². The lowest BCUT2D eigenvalue weighted by atomic mass is 10.3. The maximum absolute atomic E-state index is 10.9. The van der Waals surface area contributed by atoms with Gasteiger partial charge in [0, 0.05) is 12.1 Å². The molecule has 0 unspecified atom stereocenters. The van der Waals surface area contributed by atoms with Gasteiger partial charge in [0.15, 0.2) is 0 Å². The summed E-state index contributed by atoms with van der Waals surface area (Å²) in [5.74, 6) is -0.297. The van der Waals surface area contributed by atoms with E-state index < -0.39 is 0 Å². The van der Waals surface area contributed by atoms with E-state index in [9.17, 15) is 4.79 Å². The van der Waals surface area contributed by atoms with Gasteiger partial charge in [0.05, 0.1) is 6.61 Å². The van der Waals surface area contributed by atoms with Crippen LogP contribution >= 0.6 is 17.0 Å². The number of carbonyl (C=O) groups excluding carboxylic acids is 1. The van der Waals surface area contributed by atoms with Gasteiger partial charge in [-0.3, -0.25) is 0 Å². The predicted molar refractivity (Wildman–Crippen MR) is 59.3 cm³/mol. The Bertz CT molecular complexity index is 169. The molecule has 0 rings (SSSR count). The average Bonchev–Trinajstić information content (AvgIpc) is 1.97. The van der Waals surface area contributed by atoms with Crippen LogP contribution in [0.1, 0.15) is 13.3 Å². The van der Waals surface area contributed by atoms with Gasteiger partial charge < -0.3 is 9.64 Å². The van der Waals surface area contributed by atoms with E-state index >= 15 is 0 Å². The standard InChI is InChI=1S/C9H17NO2.BrH/c1-8(2)9(11)12-7-5-6-10(3)4;/h1,5-7H2,2-4H3;1H. The molecule has 0 aliphatic heterocycles. The Morgan fingerprint density at radius 1 is 1.46 bits per heavy atom. The largest absolute Gasteiger partial charge is 0.462 e. The molecule has 3 nitrogen and oxygen atoms in total. The Labute approximate surface area is 90.5 Å². The Kier molecular flexibility index (Phi) is 9.61. The molecule has 0 aromatic heterocycles. The van der Waals surface area contributed by atoms with Gasteiger partial charge in [-0.15, -0.1) is 17.0 Å². The number of carbonyl (C=O) groups is 1. The molecule has 0 radical (unpaired) electrons. The third-order valence-electron chi connectivity index (χ3n) is 1.33. The van der Waals surface area contributed by atoms with E-state index in [4.69, 9.17) is 4.74 Å². The van der Waals surface area contributed by atoms with E-state index in [0.29, 0.717) is 12.2 Å². The lowest BCUT2D eigenvalue weighted by Crippen LogP contribution is -2.16. The zero-order valence-electron chi connectivity index (χ0n) is 8.50. The maximum atomic E-state index is 10.9. The van der Waals surface area contributed by atoms with Gasteiger partial charge >= 0.3 is 5.97 Å². The summed E-state index contributed by atoms with van der Waals surface area (Å²) in [6, 6.07) is 0. The summed E-state index contributed by atoms with van der Waals surface area (Å²) in [5, 5.41) is 0. The van der Waals surface area contributed by atoms with Crippen LogP contribution in [-0.4, -0.2) is 38.1 Å². The lowest BCUT2D eigenvalue weighted by molar-refractivity contribution is -0.139. The van der Waals surface area contributed by atoms with Crippen LogP contribution in [-0.2, 0) is 9.53 Å². The fourth-order valence-corrected chi connectivity index (χ4v) is 0.669.